The molecular formula is C22H25N5O2. The molecule has 0 saturated heterocycles. The molecule has 0 radical (unpaired) electrons. The third kappa shape index (κ3) is 5.07. The van der Waals surface area contributed by atoms with Gasteiger partial charge in [-0.1, -0.05) is 13.0 Å². The van der Waals surface area contributed by atoms with Gasteiger partial charge in [0.2, 0.25) is 5.91 Å². The molecule has 0 spiro atoms. The third-order valence-electron chi connectivity index (χ3n) is 4.70. The highest BCUT2D eigenvalue weighted by Gasteiger charge is 2.11. The molecule has 0 fully saturated rings. The van der Waals surface area contributed by atoms with Crippen molar-refractivity contribution in [3.8, 4) is 0 Å². The van der Waals surface area contributed by atoms with E-state index in [1.54, 1.807) is 0 Å². The van der Waals surface area contributed by atoms with Crippen LogP contribution in [0.15, 0.2) is 47.5 Å². The summed E-state index contributed by atoms with van der Waals surface area (Å²) < 4.78 is 1.83. The zero-order chi connectivity index (χ0) is 21.0. The first kappa shape index (κ1) is 20.3. The topological polar surface area (TPSA) is 88.9 Å². The molecule has 0 saturated carbocycles. The summed E-state index contributed by atoms with van der Waals surface area (Å²) >= 11 is 0. The minimum atomic E-state index is -0.149. The van der Waals surface area contributed by atoms with Crippen LogP contribution in [-0.2, 0) is 17.8 Å². The Balaban J connectivity index is 1.80. The van der Waals surface area contributed by atoms with Gasteiger partial charge in [0.25, 0.3) is 0 Å². The van der Waals surface area contributed by atoms with E-state index in [9.17, 15) is 9.59 Å². The number of nitrogens with one attached hydrogen (secondary N) is 2. The van der Waals surface area contributed by atoms with Crippen molar-refractivity contribution in [1.82, 2.24) is 14.5 Å². The van der Waals surface area contributed by atoms with E-state index >= 15 is 0 Å². The first-order valence-corrected chi connectivity index (χ1v) is 9.52. The van der Waals surface area contributed by atoms with Crippen LogP contribution in [0, 0.1) is 20.8 Å². The lowest BCUT2D eigenvalue weighted by atomic mass is 10.1. The monoisotopic (exact) mass is 391 g/mol. The van der Waals surface area contributed by atoms with Gasteiger partial charge in [0.15, 0.2) is 5.43 Å². The van der Waals surface area contributed by atoms with Crippen LogP contribution < -0.4 is 16.1 Å². The average Bonchev–Trinajstić information content (AvgIpc) is 2.65. The van der Waals surface area contributed by atoms with Gasteiger partial charge < -0.3 is 15.2 Å². The highest BCUT2D eigenvalue weighted by molar-refractivity contribution is 5.92. The number of carbonyl (C=O) groups excluding carboxylic acids is 1. The molecule has 0 aliphatic carbocycles. The highest BCUT2D eigenvalue weighted by atomic mass is 16.2. The fraction of sp³-hybridized carbons (Fsp3) is 0.273. The summed E-state index contributed by atoms with van der Waals surface area (Å²) in [6.07, 6.45) is 2.30. The van der Waals surface area contributed by atoms with Crippen LogP contribution in [0.3, 0.4) is 0 Å². The second-order valence-corrected chi connectivity index (χ2v) is 7.00. The van der Waals surface area contributed by atoms with Crippen LogP contribution in [-0.4, -0.2) is 20.4 Å². The average molecular weight is 391 g/mol. The first-order chi connectivity index (χ1) is 13.9. The molecule has 0 bridgehead atoms. The van der Waals surface area contributed by atoms with Crippen molar-refractivity contribution in [2.45, 2.75) is 40.7 Å². The molecule has 7 nitrogen and oxygen atoms in total. The first-order valence-electron chi connectivity index (χ1n) is 9.52. The molecule has 2 heterocycles. The zero-order valence-electron chi connectivity index (χ0n) is 17.1. The number of amides is 1. The zero-order valence-corrected chi connectivity index (χ0v) is 17.1. The second kappa shape index (κ2) is 8.68. The molecule has 150 valence electrons. The molecule has 2 N–H and O–H groups in total. The van der Waals surface area contributed by atoms with Crippen molar-refractivity contribution in [3.63, 3.8) is 0 Å². The van der Waals surface area contributed by atoms with E-state index in [-0.39, 0.29) is 17.9 Å². The second-order valence-electron chi connectivity index (χ2n) is 7.00. The maximum atomic E-state index is 12.7. The summed E-state index contributed by atoms with van der Waals surface area (Å²) in [7, 11) is 0. The molecule has 0 unspecified atom stereocenters. The molecule has 3 rings (SSSR count). The summed E-state index contributed by atoms with van der Waals surface area (Å²) in [6.45, 7) is 7.74. The SMILES string of the molecule is CCc1ccc(Nc2cc(C)ncn2)cc1NC(=O)Cn1c(C)cc(=O)cc1C. The lowest BCUT2D eigenvalue weighted by Gasteiger charge is -2.16. The van der Waals surface area contributed by atoms with Crippen LogP contribution in [0.5, 0.6) is 0 Å². The highest BCUT2D eigenvalue weighted by Crippen LogP contribution is 2.24. The summed E-state index contributed by atoms with van der Waals surface area (Å²) in [4.78, 5) is 32.6. The van der Waals surface area contributed by atoms with E-state index in [4.69, 9.17) is 0 Å². The lowest BCUT2D eigenvalue weighted by molar-refractivity contribution is -0.116. The number of aromatic nitrogens is 3. The number of hydrogen-bond donors (Lipinski definition) is 2. The van der Waals surface area contributed by atoms with Crippen molar-refractivity contribution in [2.24, 2.45) is 0 Å². The fourth-order valence-corrected chi connectivity index (χ4v) is 3.22. The smallest absolute Gasteiger partial charge is 0.244 e. The van der Waals surface area contributed by atoms with Crippen molar-refractivity contribution in [1.29, 1.82) is 0 Å². The third-order valence-corrected chi connectivity index (χ3v) is 4.70. The Morgan fingerprint density at radius 2 is 1.76 bits per heavy atom. The van der Waals surface area contributed by atoms with Crippen molar-refractivity contribution >= 4 is 23.1 Å². The maximum absolute atomic E-state index is 12.7. The van der Waals surface area contributed by atoms with E-state index < -0.39 is 0 Å². The lowest BCUT2D eigenvalue weighted by Crippen LogP contribution is -2.23. The van der Waals surface area contributed by atoms with Crippen LogP contribution in [0.1, 0.15) is 29.6 Å². The van der Waals surface area contributed by atoms with E-state index in [1.807, 2.05) is 56.5 Å². The molecular weight excluding hydrogens is 366 g/mol. The number of aryl methyl sites for hydroxylation is 4. The molecule has 2 aromatic heterocycles. The predicted octanol–water partition coefficient (Wildman–Crippen LogP) is 3.51. The largest absolute Gasteiger partial charge is 0.340 e. The minimum absolute atomic E-state index is 0.0522. The normalized spacial score (nSPS) is 10.6. The molecule has 1 aromatic carbocycles. The molecule has 3 aromatic rings. The van der Waals surface area contributed by atoms with E-state index in [0.717, 1.165) is 40.4 Å². The minimum Gasteiger partial charge on any atom is -0.340 e. The molecule has 29 heavy (non-hydrogen) atoms. The number of pyridine rings is 1. The maximum Gasteiger partial charge on any atom is 0.244 e. The van der Waals surface area contributed by atoms with Crippen LogP contribution in [0.25, 0.3) is 0 Å². The molecule has 1 amide bonds. The van der Waals surface area contributed by atoms with Gasteiger partial charge in [-0.3, -0.25) is 9.59 Å². The Labute approximate surface area is 169 Å². The Morgan fingerprint density at radius 3 is 2.41 bits per heavy atom. The Hall–Kier alpha value is -3.48. The standard InChI is InChI=1S/C22H25N5O2/c1-5-17-6-7-18(25-21-8-14(2)23-13-24-21)11-20(17)26-22(29)12-27-15(3)9-19(28)10-16(27)4/h6-11,13H,5,12H2,1-4H3,(H,26,29)(H,23,24,25). The van der Waals surface area contributed by atoms with Crippen molar-refractivity contribution in [2.75, 3.05) is 10.6 Å². The summed E-state index contributed by atoms with van der Waals surface area (Å²) in [5.74, 6) is 0.545. The quantitative estimate of drug-likeness (QED) is 0.671. The van der Waals surface area contributed by atoms with E-state index in [0.29, 0.717) is 5.82 Å². The van der Waals surface area contributed by atoms with Gasteiger partial charge in [-0.05, 0) is 44.9 Å². The summed E-state index contributed by atoms with van der Waals surface area (Å²) in [5.41, 5.74) is 4.95. The van der Waals surface area contributed by atoms with Crippen molar-refractivity contribution in [3.05, 3.63) is 75.6 Å². The van der Waals surface area contributed by atoms with Gasteiger partial charge in [-0.2, -0.15) is 0 Å². The van der Waals surface area contributed by atoms with Crippen LogP contribution in [0.4, 0.5) is 17.2 Å². The molecule has 0 atom stereocenters. The van der Waals surface area contributed by atoms with Gasteiger partial charge in [0.05, 0.1) is 0 Å². The van der Waals surface area contributed by atoms with Gasteiger partial charge in [-0.15, -0.1) is 0 Å². The van der Waals surface area contributed by atoms with E-state index in [1.165, 1.54) is 18.5 Å². The Morgan fingerprint density at radius 1 is 1.03 bits per heavy atom. The Bertz CT molecular complexity index is 1080. The predicted molar refractivity (Wildman–Crippen MR) is 115 cm³/mol. The molecule has 0 aliphatic heterocycles. The molecule has 7 heteroatoms. The summed E-state index contributed by atoms with van der Waals surface area (Å²) in [6, 6.07) is 10.8. The van der Waals surface area contributed by atoms with Gasteiger partial charge >= 0.3 is 0 Å². The fourth-order valence-electron chi connectivity index (χ4n) is 3.22. The Kier molecular flexibility index (Phi) is 6.07. The van der Waals surface area contributed by atoms with Crippen LogP contribution >= 0.6 is 0 Å². The van der Waals surface area contributed by atoms with Gasteiger partial charge in [0, 0.05) is 46.7 Å². The number of rotatable bonds is 6. The van der Waals surface area contributed by atoms with Crippen LogP contribution in [0.2, 0.25) is 0 Å². The summed E-state index contributed by atoms with van der Waals surface area (Å²) in [5, 5.41) is 6.25. The number of benzene rings is 1. The van der Waals surface area contributed by atoms with Crippen molar-refractivity contribution < 1.29 is 4.79 Å². The number of hydrogen-bond acceptors (Lipinski definition) is 5. The van der Waals surface area contributed by atoms with Gasteiger partial charge in [0.1, 0.15) is 18.7 Å². The van der Waals surface area contributed by atoms with E-state index in [2.05, 4.69) is 20.6 Å². The van der Waals surface area contributed by atoms with Gasteiger partial charge in [-0.25, -0.2) is 9.97 Å². The number of carbonyl (C=O) groups is 1. The molecule has 0 aliphatic rings. The number of anilines is 3. The number of nitrogens with zero attached hydrogens (tertiary/aromatic N) is 3.